The minimum Gasteiger partial charge on any atom is -0.394 e. The monoisotopic (exact) mass is 1330 g/mol. The summed E-state index contributed by atoms with van der Waals surface area (Å²) in [5.74, 6) is -0.699. The number of nitrogens with one attached hydrogen (secondary N) is 1. The molecule has 1 saturated heterocycles. The first-order valence-electron chi connectivity index (χ1n) is 41.4. The summed E-state index contributed by atoms with van der Waals surface area (Å²) >= 11 is 0. The maximum atomic E-state index is 13.3. The molecular weight excluding hydrogens is 1170 g/mol. The average Bonchev–Trinajstić information content (AvgIpc) is 0.844. The number of hydrogen-bond donors (Lipinski definition) is 8. The minimum atomic E-state index is -1.67. The van der Waals surface area contributed by atoms with Crippen molar-refractivity contribution in [3.63, 3.8) is 0 Å². The van der Waals surface area contributed by atoms with E-state index in [1.54, 1.807) is 0 Å². The molecule has 1 aliphatic heterocycles. The zero-order valence-corrected chi connectivity index (χ0v) is 62.0. The quantitative estimate of drug-likeness (QED) is 0.0215. The second kappa shape index (κ2) is 71.2. The third-order valence-corrected chi connectivity index (χ3v) is 20.2. The summed E-state index contributed by atoms with van der Waals surface area (Å²) in [5, 5.41) is 76.7. The van der Waals surface area contributed by atoms with E-state index in [0.717, 1.165) is 44.9 Å². The highest BCUT2D eigenvalue weighted by Crippen LogP contribution is 2.24. The summed E-state index contributed by atoms with van der Waals surface area (Å²) in [6.07, 6.45) is 82.8. The van der Waals surface area contributed by atoms with Crippen molar-refractivity contribution in [3.8, 4) is 0 Å². The molecule has 0 aliphatic carbocycles. The maximum absolute atomic E-state index is 13.3. The minimum absolute atomic E-state index is 0.256. The summed E-state index contributed by atoms with van der Waals surface area (Å²) in [7, 11) is 0. The van der Waals surface area contributed by atoms with Crippen molar-refractivity contribution in [2.45, 2.75) is 473 Å². The van der Waals surface area contributed by atoms with Crippen LogP contribution in [0.25, 0.3) is 0 Å². The van der Waals surface area contributed by atoms with Crippen LogP contribution in [0.15, 0.2) is 36.5 Å². The van der Waals surface area contributed by atoms with E-state index in [1.165, 1.54) is 334 Å². The number of hydrogen-bond acceptors (Lipinski definition) is 10. The van der Waals surface area contributed by atoms with Crippen LogP contribution in [0.5, 0.6) is 0 Å². The van der Waals surface area contributed by atoms with Gasteiger partial charge in [0.25, 0.3) is 0 Å². The highest BCUT2D eigenvalue weighted by Gasteiger charge is 2.44. The van der Waals surface area contributed by atoms with Gasteiger partial charge in [-0.3, -0.25) is 4.79 Å². The molecule has 0 bridgehead atoms. The van der Waals surface area contributed by atoms with E-state index in [2.05, 4.69) is 55.6 Å². The summed E-state index contributed by atoms with van der Waals surface area (Å²) in [6, 6.07) is -1.19. The van der Waals surface area contributed by atoms with Gasteiger partial charge in [0.05, 0.1) is 25.4 Å². The Morgan fingerprint density at radius 3 is 0.979 bits per heavy atom. The zero-order chi connectivity index (χ0) is 68.1. The molecule has 0 radical (unpaired) electrons. The Balaban J connectivity index is 2.12. The first-order valence-corrected chi connectivity index (χ1v) is 41.4. The summed E-state index contributed by atoms with van der Waals surface area (Å²) in [4.78, 5) is 13.3. The van der Waals surface area contributed by atoms with Gasteiger partial charge in [0.1, 0.15) is 36.6 Å². The number of aliphatic hydroxyl groups is 7. The van der Waals surface area contributed by atoms with Gasteiger partial charge in [0.15, 0.2) is 6.29 Å². The Hall–Kier alpha value is -1.67. The maximum Gasteiger partial charge on any atom is 0.249 e. The van der Waals surface area contributed by atoms with Crippen LogP contribution in [0.3, 0.4) is 0 Å². The number of ether oxygens (including phenoxy) is 2. The van der Waals surface area contributed by atoms with Crippen molar-refractivity contribution < 1.29 is 50.0 Å². The van der Waals surface area contributed by atoms with Crippen molar-refractivity contribution in [2.75, 3.05) is 13.2 Å². The second-order valence-corrected chi connectivity index (χ2v) is 29.2. The highest BCUT2D eigenvalue weighted by molar-refractivity contribution is 5.80. The molecule has 1 fully saturated rings. The van der Waals surface area contributed by atoms with Crippen molar-refractivity contribution in [2.24, 2.45) is 0 Å². The van der Waals surface area contributed by atoms with E-state index >= 15 is 0 Å². The van der Waals surface area contributed by atoms with Crippen molar-refractivity contribution in [1.29, 1.82) is 0 Å². The molecule has 9 atom stereocenters. The van der Waals surface area contributed by atoms with Crippen LogP contribution in [0.1, 0.15) is 418 Å². The fourth-order valence-corrected chi connectivity index (χ4v) is 13.6. The predicted molar refractivity (Wildman–Crippen MR) is 399 cm³/mol. The van der Waals surface area contributed by atoms with Crippen LogP contribution in [-0.4, -0.2) is 110 Å². The lowest BCUT2D eigenvalue weighted by atomic mass is 9.98. The Labute approximate surface area is 581 Å². The van der Waals surface area contributed by atoms with Gasteiger partial charge in [-0.1, -0.05) is 384 Å². The molecule has 11 nitrogen and oxygen atoms in total. The smallest absolute Gasteiger partial charge is 0.249 e. The normalized spacial score (nSPS) is 18.3. The van der Waals surface area contributed by atoms with E-state index in [0.29, 0.717) is 12.8 Å². The van der Waals surface area contributed by atoms with Gasteiger partial charge in [-0.05, 0) is 70.6 Å². The van der Waals surface area contributed by atoms with Crippen molar-refractivity contribution in [3.05, 3.63) is 36.5 Å². The fourth-order valence-electron chi connectivity index (χ4n) is 13.6. The van der Waals surface area contributed by atoms with Gasteiger partial charge in [-0.25, -0.2) is 0 Å². The Bertz CT molecular complexity index is 1630. The van der Waals surface area contributed by atoms with Gasteiger partial charge in [0.2, 0.25) is 5.91 Å². The molecule has 1 rings (SSSR count). The Morgan fingerprint density at radius 2 is 0.660 bits per heavy atom. The first-order chi connectivity index (χ1) is 46.2. The van der Waals surface area contributed by atoms with Gasteiger partial charge in [0, 0.05) is 0 Å². The fraction of sp³-hybridized carbons (Fsp3) is 0.916. The van der Waals surface area contributed by atoms with Gasteiger partial charge in [-0.15, -0.1) is 0 Å². The number of amides is 1. The highest BCUT2D eigenvalue weighted by atomic mass is 16.7. The standard InChI is InChI=1S/C83H159NO10/c1-3-5-7-9-11-13-15-17-19-21-23-25-27-29-31-33-34-35-36-37-38-39-40-41-43-45-47-49-51-53-55-57-59-61-63-65-67-69-71-76(87)82(92)84-74(73-93-83-81(91)80(90)79(89)77(72-85)94-83)78(88)75(86)70-68-66-64-62-60-58-56-54-52-50-48-46-44-42-32-30-28-26-24-22-20-18-16-14-12-10-8-6-4-2/h34-35,37-38,62,64,74-81,83,85-91H,3-33,36,39-61,63,65-73H2,1-2H3,(H,84,92)/b35-34-,38-37-,64-62+. The number of carbonyl (C=O) groups is 1. The Morgan fingerprint density at radius 1 is 0.372 bits per heavy atom. The molecule has 9 unspecified atom stereocenters. The largest absolute Gasteiger partial charge is 0.394 e. The lowest BCUT2D eigenvalue weighted by molar-refractivity contribution is -0.303. The Kier molecular flexibility index (Phi) is 68.4. The lowest BCUT2D eigenvalue weighted by Crippen LogP contribution is -2.60. The van der Waals surface area contributed by atoms with Crippen LogP contribution in [-0.2, 0) is 14.3 Å². The number of aliphatic hydroxyl groups excluding tert-OH is 7. The van der Waals surface area contributed by atoms with E-state index in [4.69, 9.17) is 9.47 Å². The molecule has 94 heavy (non-hydrogen) atoms. The molecule has 556 valence electrons. The number of carbonyl (C=O) groups excluding carboxylic acids is 1. The zero-order valence-electron chi connectivity index (χ0n) is 62.0. The van der Waals surface area contributed by atoms with Gasteiger partial charge in [-0.2, -0.15) is 0 Å². The lowest BCUT2D eigenvalue weighted by Gasteiger charge is -2.40. The van der Waals surface area contributed by atoms with Gasteiger partial charge < -0.3 is 50.5 Å². The third kappa shape index (κ3) is 57.1. The summed E-state index contributed by atoms with van der Waals surface area (Å²) < 4.78 is 11.2. The molecule has 1 amide bonds. The van der Waals surface area contributed by atoms with Gasteiger partial charge >= 0.3 is 0 Å². The topological polar surface area (TPSA) is 189 Å². The SMILES string of the molecule is CCCCCCCCCCCCCCCCC/C=C\C/C=C\CCCCCCCCCCCCCCCCCCC(O)C(=O)NC(COC1OC(CO)C(O)C(O)C1O)C(O)C(O)CCC/C=C/CCCCCCCCCCCCCCCCCCCCCCCCCC. The van der Waals surface area contributed by atoms with Crippen LogP contribution >= 0.6 is 0 Å². The second-order valence-electron chi connectivity index (χ2n) is 29.2. The van der Waals surface area contributed by atoms with E-state index in [9.17, 15) is 40.5 Å². The molecule has 1 aliphatic rings. The molecule has 0 spiro atoms. The van der Waals surface area contributed by atoms with Crippen LogP contribution in [0, 0.1) is 0 Å². The average molecular weight is 1330 g/mol. The molecule has 0 aromatic rings. The predicted octanol–water partition coefficient (Wildman–Crippen LogP) is 21.7. The van der Waals surface area contributed by atoms with E-state index < -0.39 is 74.2 Å². The molecule has 11 heteroatoms. The third-order valence-electron chi connectivity index (χ3n) is 20.2. The molecule has 8 N–H and O–H groups in total. The van der Waals surface area contributed by atoms with Crippen molar-refractivity contribution in [1.82, 2.24) is 5.32 Å². The first kappa shape index (κ1) is 90.3. The summed E-state index contributed by atoms with van der Waals surface area (Å²) in [5.41, 5.74) is 0. The molecule has 0 aromatic carbocycles. The number of allylic oxidation sites excluding steroid dienone is 6. The molecule has 0 saturated carbocycles. The van der Waals surface area contributed by atoms with E-state index in [-0.39, 0.29) is 12.8 Å². The van der Waals surface area contributed by atoms with E-state index in [1.807, 2.05) is 0 Å². The molecule has 0 aromatic heterocycles. The van der Waals surface area contributed by atoms with Crippen LogP contribution in [0.4, 0.5) is 0 Å². The number of rotatable bonds is 74. The van der Waals surface area contributed by atoms with Crippen LogP contribution < -0.4 is 5.32 Å². The molecular formula is C83H159NO10. The molecule has 1 heterocycles. The number of unbranched alkanes of at least 4 members (excludes halogenated alkanes) is 56. The summed E-state index contributed by atoms with van der Waals surface area (Å²) in [6.45, 7) is 3.52. The van der Waals surface area contributed by atoms with Crippen molar-refractivity contribution >= 4 is 5.91 Å². The van der Waals surface area contributed by atoms with Crippen LogP contribution in [0.2, 0.25) is 0 Å².